The summed E-state index contributed by atoms with van der Waals surface area (Å²) in [5, 5.41) is 11.0. The normalized spacial score (nSPS) is 14.2. The molecule has 0 aliphatic carbocycles. The topological polar surface area (TPSA) is 17.5 Å². The Morgan fingerprint density at radius 2 is 0.862 bits per heavy atom. The van der Waals surface area contributed by atoms with Crippen molar-refractivity contribution in [3.05, 3.63) is 284 Å². The molecule has 6 heterocycles. The molecule has 0 bridgehead atoms. The van der Waals surface area contributed by atoms with Crippen molar-refractivity contribution in [2.45, 2.75) is 26.2 Å². The van der Waals surface area contributed by atoms with Gasteiger partial charge in [0.2, 0.25) is 0 Å². The molecular weight excluding hydrogens is 1050 g/mol. The molecular formula is C82H55BN4. The van der Waals surface area contributed by atoms with Crippen LogP contribution in [0.4, 0.5) is 17.1 Å². The highest BCUT2D eigenvalue weighted by molar-refractivity contribution is 7.00. The summed E-state index contributed by atoms with van der Waals surface area (Å²) in [5.74, 6) is 0. The molecule has 2 aliphatic rings. The minimum absolute atomic E-state index is 0.0211. The largest absolute Gasteiger partial charge is 0.310 e. The lowest BCUT2D eigenvalue weighted by Crippen LogP contribution is -2.60. The molecule has 0 spiro atoms. The second-order valence-electron chi connectivity index (χ2n) is 24.5. The predicted molar refractivity (Wildman–Crippen MR) is 371 cm³/mol. The number of hydrogen-bond donors (Lipinski definition) is 0. The van der Waals surface area contributed by atoms with Crippen molar-refractivity contribution in [1.29, 1.82) is 0 Å². The number of hydrogen-bond acceptors (Lipinski definition) is 1. The number of aromatic nitrogens is 3. The van der Waals surface area contributed by atoms with Crippen LogP contribution in [0.1, 0.15) is 37.3 Å². The molecule has 0 radical (unpaired) electrons. The minimum atomic E-state index is -0.491. The predicted octanol–water partition coefficient (Wildman–Crippen LogP) is 19.7. The quantitative estimate of drug-likeness (QED) is 0.161. The van der Waals surface area contributed by atoms with Gasteiger partial charge < -0.3 is 18.4 Å². The Morgan fingerprint density at radius 1 is 0.356 bits per heavy atom. The van der Waals surface area contributed by atoms with E-state index in [0.29, 0.717) is 5.69 Å². The van der Waals surface area contributed by atoms with Gasteiger partial charge in [0, 0.05) is 76.8 Å². The van der Waals surface area contributed by atoms with Crippen LogP contribution >= 0.6 is 0 Å². The lowest BCUT2D eigenvalue weighted by atomic mass is 9.33. The van der Waals surface area contributed by atoms with Crippen molar-refractivity contribution in [3.8, 4) is 33.6 Å². The van der Waals surface area contributed by atoms with Crippen molar-refractivity contribution in [1.82, 2.24) is 13.5 Å². The molecule has 406 valence electrons. The van der Waals surface area contributed by atoms with Gasteiger partial charge in [0.25, 0.3) is 6.71 Å². The number of anilines is 3. The first-order valence-corrected chi connectivity index (χ1v) is 29.9. The summed E-state index contributed by atoms with van der Waals surface area (Å²) in [4.78, 5) is 2.51. The molecule has 5 heteroatoms. The number of para-hydroxylation sites is 6. The van der Waals surface area contributed by atoms with E-state index in [2.05, 4.69) is 259 Å². The molecule has 87 heavy (non-hydrogen) atoms. The average Bonchev–Trinajstić information content (AvgIpc) is 1.34. The van der Waals surface area contributed by atoms with Crippen LogP contribution in [0.2, 0.25) is 0 Å². The Bertz CT molecular complexity index is 6250. The van der Waals surface area contributed by atoms with Gasteiger partial charge in [-0.2, -0.15) is 0 Å². The molecule has 19 rings (SSSR count). The third-order valence-corrected chi connectivity index (χ3v) is 19.0. The van der Waals surface area contributed by atoms with Crippen molar-refractivity contribution < 1.29 is 11.0 Å². The molecule has 13 aromatic carbocycles. The van der Waals surface area contributed by atoms with Crippen molar-refractivity contribution in [3.63, 3.8) is 0 Å². The minimum Gasteiger partial charge on any atom is -0.310 e. The first-order chi connectivity index (χ1) is 46.2. The zero-order chi connectivity index (χ0) is 64.4. The Labute approximate surface area is 514 Å². The first kappa shape index (κ1) is 41.2. The van der Waals surface area contributed by atoms with Gasteiger partial charge in [-0.15, -0.1) is 0 Å². The third-order valence-electron chi connectivity index (χ3n) is 19.0. The maximum absolute atomic E-state index is 9.79. The summed E-state index contributed by atoms with van der Waals surface area (Å²) in [7, 11) is 0. The molecule has 4 nitrogen and oxygen atoms in total. The van der Waals surface area contributed by atoms with Crippen molar-refractivity contribution in [2.75, 3.05) is 4.90 Å². The third kappa shape index (κ3) is 6.63. The number of nitrogens with zero attached hydrogens (tertiary/aromatic N) is 4. The van der Waals surface area contributed by atoms with Crippen molar-refractivity contribution >= 4 is 143 Å². The molecule has 0 N–H and O–H groups in total. The van der Waals surface area contributed by atoms with Crippen molar-refractivity contribution in [2.24, 2.45) is 0 Å². The molecule has 0 amide bonds. The Morgan fingerprint density at radius 3 is 1.49 bits per heavy atom. The molecule has 0 saturated heterocycles. The van der Waals surface area contributed by atoms with Gasteiger partial charge in [0.15, 0.2) is 0 Å². The van der Waals surface area contributed by atoms with Crippen LogP contribution in [0.5, 0.6) is 0 Å². The highest BCUT2D eigenvalue weighted by Gasteiger charge is 2.45. The Kier molecular flexibility index (Phi) is 8.45. The van der Waals surface area contributed by atoms with Gasteiger partial charge in [-0.3, -0.25) is 0 Å². The fourth-order valence-corrected chi connectivity index (χ4v) is 15.3. The van der Waals surface area contributed by atoms with Gasteiger partial charge in [-0.05, 0) is 115 Å². The molecule has 2 aliphatic heterocycles. The lowest BCUT2D eigenvalue weighted by Gasteiger charge is -2.42. The monoisotopic (exact) mass is 1110 g/mol. The lowest BCUT2D eigenvalue weighted by molar-refractivity contribution is 0.591. The summed E-state index contributed by atoms with van der Waals surface area (Å²) in [6, 6.07) is 80.0. The second kappa shape index (κ2) is 17.8. The summed E-state index contributed by atoms with van der Waals surface area (Å²) in [5.41, 5.74) is 17.5. The van der Waals surface area contributed by atoms with Gasteiger partial charge in [0.05, 0.1) is 55.4 Å². The summed E-state index contributed by atoms with van der Waals surface area (Å²) in [6.45, 7) is 6.38. The average molecular weight is 1120 g/mol. The number of benzene rings is 13. The van der Waals surface area contributed by atoms with E-state index >= 15 is 0 Å². The fourth-order valence-electron chi connectivity index (χ4n) is 15.3. The van der Waals surface area contributed by atoms with Crippen LogP contribution in [0.15, 0.2) is 279 Å². The Balaban J connectivity index is 1.11. The van der Waals surface area contributed by atoms with Crippen LogP contribution < -0.4 is 21.3 Å². The molecule has 4 aromatic heterocycles. The van der Waals surface area contributed by atoms with Gasteiger partial charge in [-0.1, -0.05) is 245 Å². The van der Waals surface area contributed by atoms with Crippen LogP contribution in [0.3, 0.4) is 0 Å². The SMILES string of the molecule is [2H]c1c([2H])c([2H])c2c(c1[2H])c1c([2H])c([2H])c([2H])c([2H])c1n2-c1ccc2c(c1)N(c1c(-c3ccccc3)cc(C(C)(C)C)cc1-c1ccccc1)c1c3c(cc4c1c1cccc5c6ccccc6c6ccccc6c6ccccc6n4c51)-n1c4ccccc4c4cccc(c41)B23. The standard InChI is InChI=1S/C82H55BN4/c1-82(2,3)52-46-65(50-24-6-4-7-25-50)79(66(47-52)51-26-8-5-9-27-51)87-73-48-53(84-69-40-18-15-33-59(69)60-34-16-19-41-70(60)84)44-45-67(73)83-68-39-23-37-63-61-35-17-21-43-72(61)86(80(63)68)75-49-74-76(81(87)77(75)83)64-38-22-36-62-57-31-13-11-29-55(57)54-28-10-12-30-56(54)58-32-14-20-42-71(58)85(74)78(62)64/h4-49H,1-3H3/i15D,16D,18D,19D,33D,34D,40D,41D. The van der Waals surface area contributed by atoms with E-state index in [-0.39, 0.29) is 51.4 Å². The van der Waals surface area contributed by atoms with E-state index in [1.807, 2.05) is 6.07 Å². The second-order valence-corrected chi connectivity index (χ2v) is 24.5. The molecule has 0 atom stereocenters. The van der Waals surface area contributed by atoms with E-state index in [1.165, 1.54) is 0 Å². The maximum Gasteiger partial charge on any atom is 0.252 e. The summed E-state index contributed by atoms with van der Waals surface area (Å²) < 4.78 is 81.9. The zero-order valence-electron chi connectivity index (χ0n) is 55.8. The smallest absolute Gasteiger partial charge is 0.252 e. The summed E-state index contributed by atoms with van der Waals surface area (Å²) >= 11 is 0. The van der Waals surface area contributed by atoms with Crippen LogP contribution in [0, 0.1) is 0 Å². The highest BCUT2D eigenvalue weighted by Crippen LogP contribution is 2.54. The first-order valence-electron chi connectivity index (χ1n) is 33.9. The highest BCUT2D eigenvalue weighted by atomic mass is 15.2. The molecule has 0 unspecified atom stereocenters. The Hall–Kier alpha value is -10.9. The maximum atomic E-state index is 9.79. The zero-order valence-corrected chi connectivity index (χ0v) is 47.8. The molecule has 0 fully saturated rings. The van der Waals surface area contributed by atoms with E-state index in [1.54, 1.807) is 4.57 Å². The van der Waals surface area contributed by atoms with Gasteiger partial charge in [0.1, 0.15) is 0 Å². The molecule has 17 aromatic rings. The summed E-state index contributed by atoms with van der Waals surface area (Å²) in [6.07, 6.45) is 0. The van der Waals surface area contributed by atoms with Gasteiger partial charge >= 0.3 is 0 Å². The van der Waals surface area contributed by atoms with Crippen LogP contribution in [-0.4, -0.2) is 20.2 Å². The van der Waals surface area contributed by atoms with Crippen LogP contribution in [0.25, 0.3) is 137 Å². The number of fused-ring (bicyclic) bond motifs is 21. The number of rotatable bonds is 4. The van der Waals surface area contributed by atoms with Crippen LogP contribution in [-0.2, 0) is 5.41 Å². The van der Waals surface area contributed by atoms with Gasteiger partial charge in [-0.25, -0.2) is 0 Å². The van der Waals surface area contributed by atoms with E-state index in [0.717, 1.165) is 148 Å². The van der Waals surface area contributed by atoms with E-state index in [4.69, 9.17) is 2.74 Å². The van der Waals surface area contributed by atoms with E-state index < -0.39 is 30.9 Å². The fraction of sp³-hybridized carbons (Fsp3) is 0.0488. The molecule has 0 saturated carbocycles. The van der Waals surface area contributed by atoms with E-state index in [9.17, 15) is 8.22 Å².